The van der Waals surface area contributed by atoms with Crippen molar-refractivity contribution in [1.29, 1.82) is 0 Å². The molecule has 0 saturated carbocycles. The van der Waals surface area contributed by atoms with Gasteiger partial charge in [0.1, 0.15) is 11.5 Å². The number of hydrogen-bond donors (Lipinski definition) is 1. The molecule has 2 nitrogen and oxygen atoms in total. The van der Waals surface area contributed by atoms with E-state index in [-0.39, 0.29) is 6.04 Å². The molecule has 0 aliphatic rings. The smallest absolute Gasteiger partial charge is 0.121 e. The zero-order chi connectivity index (χ0) is 14.4. The van der Waals surface area contributed by atoms with E-state index in [1.165, 1.54) is 9.13 Å². The summed E-state index contributed by atoms with van der Waals surface area (Å²) >= 11 is 2.34. The van der Waals surface area contributed by atoms with Crippen LogP contribution in [-0.4, -0.2) is 6.54 Å². The quantitative estimate of drug-likeness (QED) is 0.700. The van der Waals surface area contributed by atoms with Crippen LogP contribution < -0.4 is 5.32 Å². The maximum Gasteiger partial charge on any atom is 0.121 e. The van der Waals surface area contributed by atoms with Crippen LogP contribution in [0.25, 0.3) is 0 Å². The van der Waals surface area contributed by atoms with Crippen LogP contribution in [0.5, 0.6) is 0 Å². The van der Waals surface area contributed by atoms with Crippen LogP contribution >= 0.6 is 22.6 Å². The van der Waals surface area contributed by atoms with Crippen molar-refractivity contribution in [2.24, 2.45) is 0 Å². The fourth-order valence-electron chi connectivity index (χ4n) is 2.22. The third-order valence-corrected chi connectivity index (χ3v) is 4.09. The van der Waals surface area contributed by atoms with Crippen LogP contribution in [0.2, 0.25) is 0 Å². The van der Waals surface area contributed by atoms with Gasteiger partial charge in [-0.3, -0.25) is 0 Å². The summed E-state index contributed by atoms with van der Waals surface area (Å²) in [6.45, 7) is 5.32. The lowest BCUT2D eigenvalue weighted by molar-refractivity contribution is 0.392. The second kappa shape index (κ2) is 7.84. The SMILES string of the molecule is CCCNC(Cc1ccc(I)cc1)c1ccc(CC)o1. The Morgan fingerprint density at radius 1 is 1.10 bits per heavy atom. The molecule has 108 valence electrons. The molecule has 0 bridgehead atoms. The number of aryl methyl sites for hydroxylation is 1. The second-order valence-electron chi connectivity index (χ2n) is 4.99. The first-order valence-corrected chi connectivity index (χ1v) is 8.37. The van der Waals surface area contributed by atoms with Gasteiger partial charge >= 0.3 is 0 Å². The van der Waals surface area contributed by atoms with Gasteiger partial charge in [0.25, 0.3) is 0 Å². The molecule has 1 aromatic heterocycles. The number of halogens is 1. The maximum atomic E-state index is 5.92. The van der Waals surface area contributed by atoms with E-state index in [2.05, 4.69) is 78.2 Å². The molecule has 1 aromatic carbocycles. The van der Waals surface area contributed by atoms with Crippen LogP contribution in [0.1, 0.15) is 43.4 Å². The van der Waals surface area contributed by atoms with Gasteiger partial charge in [-0.15, -0.1) is 0 Å². The fourth-order valence-corrected chi connectivity index (χ4v) is 2.58. The largest absolute Gasteiger partial charge is 0.464 e. The predicted molar refractivity (Wildman–Crippen MR) is 92.0 cm³/mol. The first kappa shape index (κ1) is 15.6. The van der Waals surface area contributed by atoms with Gasteiger partial charge in [0, 0.05) is 9.99 Å². The second-order valence-corrected chi connectivity index (χ2v) is 6.24. The molecule has 0 amide bonds. The Kier molecular flexibility index (Phi) is 6.10. The van der Waals surface area contributed by atoms with Crippen LogP contribution in [0.15, 0.2) is 40.8 Å². The summed E-state index contributed by atoms with van der Waals surface area (Å²) in [6, 6.07) is 13.2. The van der Waals surface area contributed by atoms with Crippen molar-refractivity contribution in [3.8, 4) is 0 Å². The van der Waals surface area contributed by atoms with Crippen LogP contribution in [0, 0.1) is 3.57 Å². The first-order valence-electron chi connectivity index (χ1n) is 7.29. The molecule has 1 N–H and O–H groups in total. The molecule has 1 heterocycles. The zero-order valence-corrected chi connectivity index (χ0v) is 14.3. The van der Waals surface area contributed by atoms with Crippen molar-refractivity contribution in [1.82, 2.24) is 5.32 Å². The van der Waals surface area contributed by atoms with Crippen molar-refractivity contribution in [3.63, 3.8) is 0 Å². The molecule has 1 unspecified atom stereocenters. The number of nitrogens with one attached hydrogen (secondary N) is 1. The van der Waals surface area contributed by atoms with E-state index >= 15 is 0 Å². The van der Waals surface area contributed by atoms with Crippen LogP contribution in [-0.2, 0) is 12.8 Å². The van der Waals surface area contributed by atoms with Gasteiger partial charge in [0.05, 0.1) is 6.04 Å². The lowest BCUT2D eigenvalue weighted by atomic mass is 10.0. The number of hydrogen-bond acceptors (Lipinski definition) is 2. The molecule has 0 aliphatic heterocycles. The van der Waals surface area contributed by atoms with Crippen molar-refractivity contribution in [3.05, 3.63) is 57.1 Å². The van der Waals surface area contributed by atoms with E-state index in [4.69, 9.17) is 4.42 Å². The Labute approximate surface area is 135 Å². The van der Waals surface area contributed by atoms with Crippen molar-refractivity contribution < 1.29 is 4.42 Å². The van der Waals surface area contributed by atoms with E-state index in [9.17, 15) is 0 Å². The highest BCUT2D eigenvalue weighted by atomic mass is 127. The molecule has 20 heavy (non-hydrogen) atoms. The predicted octanol–water partition coefficient (Wildman–Crippen LogP) is 4.73. The first-order chi connectivity index (χ1) is 9.72. The monoisotopic (exact) mass is 383 g/mol. The van der Waals surface area contributed by atoms with Crippen molar-refractivity contribution in [2.45, 2.75) is 39.2 Å². The minimum atomic E-state index is 0.260. The van der Waals surface area contributed by atoms with Gasteiger partial charge < -0.3 is 9.73 Å². The molecule has 0 saturated heterocycles. The summed E-state index contributed by atoms with van der Waals surface area (Å²) in [4.78, 5) is 0. The van der Waals surface area contributed by atoms with Crippen LogP contribution in [0.4, 0.5) is 0 Å². The third kappa shape index (κ3) is 4.35. The van der Waals surface area contributed by atoms with E-state index in [1.807, 2.05) is 0 Å². The van der Waals surface area contributed by atoms with Gasteiger partial charge in [-0.25, -0.2) is 0 Å². The maximum absolute atomic E-state index is 5.92. The molecule has 3 heteroatoms. The molecule has 0 spiro atoms. The highest BCUT2D eigenvalue weighted by Gasteiger charge is 2.15. The lowest BCUT2D eigenvalue weighted by Crippen LogP contribution is -2.23. The average molecular weight is 383 g/mol. The van der Waals surface area contributed by atoms with Crippen molar-refractivity contribution >= 4 is 22.6 Å². The van der Waals surface area contributed by atoms with E-state index < -0.39 is 0 Å². The van der Waals surface area contributed by atoms with Crippen LogP contribution in [0.3, 0.4) is 0 Å². The molecule has 0 fully saturated rings. The molecule has 0 aliphatic carbocycles. The summed E-state index contributed by atoms with van der Waals surface area (Å²) in [5, 5.41) is 3.59. The Bertz CT molecular complexity index is 518. The van der Waals surface area contributed by atoms with E-state index in [0.717, 1.165) is 37.3 Å². The standard InChI is InChI=1S/C17H22INO/c1-3-11-19-16(17-10-9-15(4-2)20-17)12-13-5-7-14(18)8-6-13/h5-10,16,19H,3-4,11-12H2,1-2H3. The Morgan fingerprint density at radius 3 is 2.45 bits per heavy atom. The molecule has 2 rings (SSSR count). The van der Waals surface area contributed by atoms with Gasteiger partial charge in [-0.2, -0.15) is 0 Å². The Morgan fingerprint density at radius 2 is 1.85 bits per heavy atom. The van der Waals surface area contributed by atoms with Gasteiger partial charge in [-0.1, -0.05) is 26.0 Å². The van der Waals surface area contributed by atoms with Gasteiger partial charge in [0.2, 0.25) is 0 Å². The van der Waals surface area contributed by atoms with Crippen molar-refractivity contribution in [2.75, 3.05) is 6.54 Å². The highest BCUT2D eigenvalue weighted by molar-refractivity contribution is 14.1. The highest BCUT2D eigenvalue weighted by Crippen LogP contribution is 2.22. The normalized spacial score (nSPS) is 12.6. The summed E-state index contributed by atoms with van der Waals surface area (Å²) < 4.78 is 7.20. The molecule has 1 atom stereocenters. The topological polar surface area (TPSA) is 25.2 Å². The van der Waals surface area contributed by atoms with E-state index in [1.54, 1.807) is 0 Å². The van der Waals surface area contributed by atoms with Gasteiger partial charge in [-0.05, 0) is 71.8 Å². The summed E-state index contributed by atoms with van der Waals surface area (Å²) in [5.74, 6) is 2.11. The zero-order valence-electron chi connectivity index (χ0n) is 12.2. The van der Waals surface area contributed by atoms with Gasteiger partial charge in [0.15, 0.2) is 0 Å². The van der Waals surface area contributed by atoms with E-state index in [0.29, 0.717) is 0 Å². The third-order valence-electron chi connectivity index (χ3n) is 3.37. The average Bonchev–Trinajstić information content (AvgIpc) is 2.94. The summed E-state index contributed by atoms with van der Waals surface area (Å²) in [7, 11) is 0. The molecular formula is C17H22INO. The number of furan rings is 1. The lowest BCUT2D eigenvalue weighted by Gasteiger charge is -2.16. The summed E-state index contributed by atoms with van der Waals surface area (Å²) in [6.07, 6.45) is 3.04. The number of benzene rings is 1. The minimum Gasteiger partial charge on any atom is -0.464 e. The molecular weight excluding hydrogens is 361 g/mol. The Balaban J connectivity index is 2.12. The molecule has 0 radical (unpaired) electrons. The minimum absolute atomic E-state index is 0.260. The fraction of sp³-hybridized carbons (Fsp3) is 0.412. The molecule has 2 aromatic rings. The Hall–Kier alpha value is -0.810. The number of rotatable bonds is 7. The summed E-state index contributed by atoms with van der Waals surface area (Å²) in [5.41, 5.74) is 1.34.